The van der Waals surface area contributed by atoms with E-state index in [1.54, 1.807) is 0 Å². The topological polar surface area (TPSA) is 95.9 Å². The van der Waals surface area contributed by atoms with E-state index in [1.807, 2.05) is 0 Å². The minimum absolute atomic E-state index is 0.0233. The van der Waals surface area contributed by atoms with Gasteiger partial charge in [0.15, 0.2) is 0 Å². The Kier molecular flexibility index (Phi) is 72.8. The highest BCUT2D eigenvalue weighted by molar-refractivity contribution is 5.76. The first kappa shape index (κ1) is 82.6. The van der Waals surface area contributed by atoms with Crippen LogP contribution in [0.1, 0.15) is 450 Å². The minimum atomic E-state index is -0.659. The Balaban J connectivity index is 3.28. The van der Waals surface area contributed by atoms with Crippen molar-refractivity contribution in [3.63, 3.8) is 0 Å². The van der Waals surface area contributed by atoms with Crippen molar-refractivity contribution in [1.82, 2.24) is 5.32 Å². The number of rotatable bonds is 74. The van der Waals surface area contributed by atoms with Gasteiger partial charge in [-0.05, 0) is 51.4 Å². The van der Waals surface area contributed by atoms with Crippen molar-refractivity contribution in [1.29, 1.82) is 0 Å². The predicted octanol–water partition coefficient (Wildman–Crippen LogP) is 25.5. The number of aliphatic hydroxyl groups excluding tert-OH is 2. The van der Waals surface area contributed by atoms with Crippen molar-refractivity contribution in [3.05, 3.63) is 12.2 Å². The van der Waals surface area contributed by atoms with Crippen molar-refractivity contribution in [2.24, 2.45) is 0 Å². The second-order valence-electron chi connectivity index (χ2n) is 27.0. The maximum Gasteiger partial charge on any atom is 0.305 e. The van der Waals surface area contributed by atoms with Gasteiger partial charge >= 0.3 is 5.97 Å². The molecule has 0 aromatic carbocycles. The van der Waals surface area contributed by atoms with Crippen LogP contribution in [0.25, 0.3) is 0 Å². The Morgan fingerprint density at radius 2 is 0.560 bits per heavy atom. The van der Waals surface area contributed by atoms with Crippen LogP contribution in [0.4, 0.5) is 0 Å². The first-order chi connectivity index (χ1) is 41.5. The van der Waals surface area contributed by atoms with Crippen molar-refractivity contribution >= 4 is 11.9 Å². The molecule has 3 N–H and O–H groups in total. The van der Waals surface area contributed by atoms with E-state index in [0.29, 0.717) is 25.9 Å². The molecule has 0 saturated carbocycles. The van der Waals surface area contributed by atoms with Gasteiger partial charge in [-0.1, -0.05) is 398 Å². The number of carbonyl (C=O) groups is 2. The molecular formula is C78H153NO5. The highest BCUT2D eigenvalue weighted by Gasteiger charge is 2.20. The molecule has 500 valence electrons. The fourth-order valence-corrected chi connectivity index (χ4v) is 12.6. The van der Waals surface area contributed by atoms with Crippen LogP contribution in [-0.4, -0.2) is 47.4 Å². The largest absolute Gasteiger partial charge is 0.466 e. The van der Waals surface area contributed by atoms with Crippen LogP contribution >= 0.6 is 0 Å². The summed E-state index contributed by atoms with van der Waals surface area (Å²) in [4.78, 5) is 24.6. The number of aliphatic hydroxyl groups is 2. The van der Waals surface area contributed by atoms with E-state index in [0.717, 1.165) is 38.5 Å². The van der Waals surface area contributed by atoms with Gasteiger partial charge in [-0.2, -0.15) is 0 Å². The van der Waals surface area contributed by atoms with Crippen molar-refractivity contribution in [2.75, 3.05) is 13.2 Å². The van der Waals surface area contributed by atoms with E-state index >= 15 is 0 Å². The smallest absolute Gasteiger partial charge is 0.305 e. The number of ether oxygens (including phenoxy) is 1. The average Bonchev–Trinajstić information content (AvgIpc) is 3.54. The van der Waals surface area contributed by atoms with Gasteiger partial charge in [-0.25, -0.2) is 0 Å². The number of unbranched alkanes of at least 4 members (excludes halogenated alkanes) is 61. The summed E-state index contributed by atoms with van der Waals surface area (Å²) < 4.78 is 5.52. The third-order valence-corrected chi connectivity index (χ3v) is 18.6. The summed E-state index contributed by atoms with van der Waals surface area (Å²) in [5.74, 6) is -0.00344. The van der Waals surface area contributed by atoms with Crippen LogP contribution in [0, 0.1) is 0 Å². The van der Waals surface area contributed by atoms with Gasteiger partial charge in [0.2, 0.25) is 5.91 Å². The average molecular weight is 1190 g/mol. The van der Waals surface area contributed by atoms with Gasteiger partial charge in [0.1, 0.15) is 0 Å². The number of hydrogen-bond acceptors (Lipinski definition) is 5. The van der Waals surface area contributed by atoms with Crippen LogP contribution in [0.5, 0.6) is 0 Å². The monoisotopic (exact) mass is 1180 g/mol. The third kappa shape index (κ3) is 69.7. The summed E-state index contributed by atoms with van der Waals surface area (Å²) in [6, 6.07) is -0.536. The Labute approximate surface area is 527 Å². The fourth-order valence-electron chi connectivity index (χ4n) is 12.6. The third-order valence-electron chi connectivity index (χ3n) is 18.6. The van der Waals surface area contributed by atoms with E-state index in [2.05, 4.69) is 31.3 Å². The molecular weight excluding hydrogens is 1030 g/mol. The van der Waals surface area contributed by atoms with Crippen LogP contribution in [-0.2, 0) is 14.3 Å². The lowest BCUT2D eigenvalue weighted by Crippen LogP contribution is -2.45. The van der Waals surface area contributed by atoms with Crippen molar-refractivity contribution in [2.45, 2.75) is 463 Å². The summed E-state index contributed by atoms with van der Waals surface area (Å²) in [5.41, 5.74) is 0. The molecule has 1 amide bonds. The van der Waals surface area contributed by atoms with E-state index < -0.39 is 12.1 Å². The predicted molar refractivity (Wildman–Crippen MR) is 370 cm³/mol. The van der Waals surface area contributed by atoms with Gasteiger partial charge in [-0.3, -0.25) is 9.59 Å². The number of amides is 1. The molecule has 2 unspecified atom stereocenters. The molecule has 0 aromatic heterocycles. The Morgan fingerprint density at radius 1 is 0.321 bits per heavy atom. The second-order valence-corrected chi connectivity index (χ2v) is 27.0. The number of allylic oxidation sites excluding steroid dienone is 2. The number of hydrogen-bond donors (Lipinski definition) is 3. The van der Waals surface area contributed by atoms with Crippen LogP contribution in [0.15, 0.2) is 12.2 Å². The minimum Gasteiger partial charge on any atom is -0.466 e. The normalized spacial score (nSPS) is 12.5. The molecule has 0 bridgehead atoms. The molecule has 0 fully saturated rings. The second kappa shape index (κ2) is 74.1. The van der Waals surface area contributed by atoms with E-state index in [-0.39, 0.29) is 18.5 Å². The lowest BCUT2D eigenvalue weighted by Gasteiger charge is -2.22. The quantitative estimate of drug-likeness (QED) is 0.0320. The van der Waals surface area contributed by atoms with Crippen molar-refractivity contribution in [3.8, 4) is 0 Å². The van der Waals surface area contributed by atoms with Crippen LogP contribution < -0.4 is 5.32 Å². The summed E-state index contributed by atoms with van der Waals surface area (Å²) in [5, 5.41) is 23.3. The van der Waals surface area contributed by atoms with Gasteiger partial charge in [0.25, 0.3) is 0 Å². The molecule has 0 aliphatic heterocycles. The SMILES string of the molecule is CCCCCCCC/C=C\CCCCCCCCCCCC(=O)OCCCCCCCCCCCCCCCCCCCCCCCCCCCCCCCCCCCCCC(=O)NC(CO)C(O)CCCCCCCCCCCCCCC. The first-order valence-electron chi connectivity index (χ1n) is 38.9. The molecule has 0 aliphatic rings. The summed E-state index contributed by atoms with van der Waals surface area (Å²) in [7, 11) is 0. The number of carbonyl (C=O) groups excluding carboxylic acids is 2. The summed E-state index contributed by atoms with van der Waals surface area (Å²) in [6.45, 7) is 4.99. The zero-order chi connectivity index (χ0) is 60.6. The maximum absolute atomic E-state index is 12.5. The maximum atomic E-state index is 12.5. The van der Waals surface area contributed by atoms with Crippen LogP contribution in [0.3, 0.4) is 0 Å². The summed E-state index contributed by atoms with van der Waals surface area (Å²) >= 11 is 0. The molecule has 84 heavy (non-hydrogen) atoms. The lowest BCUT2D eigenvalue weighted by molar-refractivity contribution is -0.143. The highest BCUT2D eigenvalue weighted by atomic mass is 16.5. The Hall–Kier alpha value is -1.40. The molecule has 0 aliphatic carbocycles. The lowest BCUT2D eigenvalue weighted by atomic mass is 10.0. The molecule has 0 heterocycles. The van der Waals surface area contributed by atoms with Gasteiger partial charge < -0.3 is 20.3 Å². The molecule has 6 heteroatoms. The van der Waals surface area contributed by atoms with Gasteiger partial charge in [0, 0.05) is 12.8 Å². The first-order valence-corrected chi connectivity index (χ1v) is 38.9. The molecule has 0 aromatic rings. The summed E-state index contributed by atoms with van der Waals surface area (Å²) in [6.07, 6.45) is 93.1. The van der Waals surface area contributed by atoms with E-state index in [4.69, 9.17) is 4.74 Å². The molecule has 0 radical (unpaired) electrons. The van der Waals surface area contributed by atoms with E-state index in [9.17, 15) is 19.8 Å². The molecule has 6 nitrogen and oxygen atoms in total. The van der Waals surface area contributed by atoms with Gasteiger partial charge in [-0.15, -0.1) is 0 Å². The Morgan fingerprint density at radius 3 is 0.845 bits per heavy atom. The fraction of sp³-hybridized carbons (Fsp3) is 0.949. The number of nitrogens with one attached hydrogen (secondary N) is 1. The molecule has 0 spiro atoms. The molecule has 2 atom stereocenters. The Bertz CT molecular complexity index is 1270. The zero-order valence-electron chi connectivity index (χ0n) is 57.4. The van der Waals surface area contributed by atoms with Crippen molar-refractivity contribution < 1.29 is 24.5 Å². The molecule has 0 rings (SSSR count). The highest BCUT2D eigenvalue weighted by Crippen LogP contribution is 2.20. The standard InChI is InChI=1S/C78H153NO5/c1-3-5-7-9-11-13-15-17-18-19-37-41-44-48-52-56-60-64-68-72-78(83)84-73-69-65-61-57-53-49-45-42-39-36-34-32-30-28-26-24-22-20-21-23-25-27-29-31-33-35-38-40-43-47-51-55-59-63-67-71-77(82)79-75(74-80)76(81)70-66-62-58-54-50-46-16-14-12-10-8-6-4-2/h17-18,75-76,80-81H,3-16,19-74H2,1-2H3,(H,79,82)/b18-17-. The molecule has 0 saturated heterocycles. The van der Waals surface area contributed by atoms with Gasteiger partial charge in [0.05, 0.1) is 25.4 Å². The number of esters is 1. The zero-order valence-corrected chi connectivity index (χ0v) is 57.4. The van der Waals surface area contributed by atoms with Crippen LogP contribution in [0.2, 0.25) is 0 Å². The van der Waals surface area contributed by atoms with E-state index in [1.165, 1.54) is 379 Å².